The van der Waals surface area contributed by atoms with Crippen LogP contribution in [0.3, 0.4) is 0 Å². The van der Waals surface area contributed by atoms with Crippen LogP contribution in [0, 0.1) is 5.92 Å². The van der Waals surface area contributed by atoms with Crippen molar-refractivity contribution in [2.24, 2.45) is 5.92 Å². The number of benzene rings is 1. The fraction of sp³-hybridized carbons (Fsp3) is 0.462. The third-order valence-corrected chi connectivity index (χ3v) is 3.34. The fourth-order valence-electron chi connectivity index (χ4n) is 2.54. The highest BCUT2D eigenvalue weighted by Gasteiger charge is 2.16. The van der Waals surface area contributed by atoms with Gasteiger partial charge in [-0.15, -0.1) is 0 Å². The van der Waals surface area contributed by atoms with Gasteiger partial charge in [0.05, 0.1) is 11.0 Å². The molecule has 0 spiro atoms. The zero-order valence-corrected chi connectivity index (χ0v) is 9.11. The summed E-state index contributed by atoms with van der Waals surface area (Å²) in [4.78, 5) is 4.73. The smallest absolute Gasteiger partial charge is 0.110 e. The van der Waals surface area contributed by atoms with Crippen molar-refractivity contribution in [2.75, 3.05) is 0 Å². The SMILES string of the molecule is CC1CCCn2c(nc3ccccc32)C1. The predicted octanol–water partition coefficient (Wildman–Crippen LogP) is 3.01. The molecule has 0 aliphatic carbocycles. The first-order valence-electron chi connectivity index (χ1n) is 5.79. The van der Waals surface area contributed by atoms with E-state index in [1.54, 1.807) is 0 Å². The Hall–Kier alpha value is -1.31. The third kappa shape index (κ3) is 1.44. The summed E-state index contributed by atoms with van der Waals surface area (Å²) >= 11 is 0. The van der Waals surface area contributed by atoms with E-state index < -0.39 is 0 Å². The van der Waals surface area contributed by atoms with Gasteiger partial charge in [-0.3, -0.25) is 0 Å². The van der Waals surface area contributed by atoms with Crippen molar-refractivity contribution in [1.82, 2.24) is 9.55 Å². The Bertz CT molecular complexity index is 484. The van der Waals surface area contributed by atoms with E-state index in [4.69, 9.17) is 4.98 Å². The topological polar surface area (TPSA) is 17.8 Å². The highest BCUT2D eigenvalue weighted by atomic mass is 15.1. The molecule has 1 aliphatic heterocycles. The van der Waals surface area contributed by atoms with Gasteiger partial charge in [0, 0.05) is 13.0 Å². The van der Waals surface area contributed by atoms with Crippen molar-refractivity contribution >= 4 is 11.0 Å². The van der Waals surface area contributed by atoms with Crippen LogP contribution in [-0.4, -0.2) is 9.55 Å². The summed E-state index contributed by atoms with van der Waals surface area (Å²) in [6, 6.07) is 8.47. The van der Waals surface area contributed by atoms with Crippen molar-refractivity contribution in [3.63, 3.8) is 0 Å². The Kier molecular flexibility index (Phi) is 2.01. The van der Waals surface area contributed by atoms with E-state index in [1.165, 1.54) is 24.2 Å². The number of hydrogen-bond acceptors (Lipinski definition) is 1. The van der Waals surface area contributed by atoms with E-state index in [2.05, 4.69) is 35.8 Å². The number of aryl methyl sites for hydroxylation is 1. The zero-order chi connectivity index (χ0) is 10.3. The van der Waals surface area contributed by atoms with Gasteiger partial charge >= 0.3 is 0 Å². The minimum Gasteiger partial charge on any atom is -0.328 e. The first-order valence-corrected chi connectivity index (χ1v) is 5.79. The van der Waals surface area contributed by atoms with Crippen molar-refractivity contribution in [1.29, 1.82) is 0 Å². The Morgan fingerprint density at radius 3 is 3.13 bits per heavy atom. The first kappa shape index (κ1) is 8.96. The second-order valence-electron chi connectivity index (χ2n) is 4.62. The monoisotopic (exact) mass is 200 g/mol. The van der Waals surface area contributed by atoms with Gasteiger partial charge in [-0.05, 0) is 30.9 Å². The number of fused-ring (bicyclic) bond motifs is 3. The van der Waals surface area contributed by atoms with Crippen LogP contribution in [0.4, 0.5) is 0 Å². The number of aromatic nitrogens is 2. The third-order valence-electron chi connectivity index (χ3n) is 3.34. The maximum absolute atomic E-state index is 4.73. The first-order chi connectivity index (χ1) is 7.34. The lowest BCUT2D eigenvalue weighted by atomic mass is 10.0. The molecular weight excluding hydrogens is 184 g/mol. The van der Waals surface area contributed by atoms with Crippen LogP contribution < -0.4 is 0 Å². The summed E-state index contributed by atoms with van der Waals surface area (Å²) in [5.41, 5.74) is 2.46. The van der Waals surface area contributed by atoms with Gasteiger partial charge in [0.25, 0.3) is 0 Å². The average molecular weight is 200 g/mol. The molecule has 2 aromatic rings. The lowest BCUT2D eigenvalue weighted by Crippen LogP contribution is -2.02. The maximum atomic E-state index is 4.73. The molecule has 2 nitrogen and oxygen atoms in total. The van der Waals surface area contributed by atoms with Crippen LogP contribution in [-0.2, 0) is 13.0 Å². The maximum Gasteiger partial charge on any atom is 0.110 e. The molecule has 1 aliphatic rings. The summed E-state index contributed by atoms with van der Waals surface area (Å²) in [7, 11) is 0. The molecule has 1 atom stereocenters. The molecule has 0 amide bonds. The molecule has 0 saturated heterocycles. The minimum absolute atomic E-state index is 0.781. The fourth-order valence-corrected chi connectivity index (χ4v) is 2.54. The summed E-state index contributed by atoms with van der Waals surface area (Å²) in [5, 5.41) is 0. The number of nitrogens with zero attached hydrogens (tertiary/aromatic N) is 2. The normalized spacial score (nSPS) is 21.3. The van der Waals surface area contributed by atoms with Gasteiger partial charge in [0.1, 0.15) is 5.82 Å². The molecule has 0 saturated carbocycles. The van der Waals surface area contributed by atoms with E-state index in [9.17, 15) is 0 Å². The number of imidazole rings is 1. The Balaban J connectivity index is 2.19. The lowest BCUT2D eigenvalue weighted by molar-refractivity contribution is 0.520. The number of para-hydroxylation sites is 2. The zero-order valence-electron chi connectivity index (χ0n) is 9.11. The van der Waals surface area contributed by atoms with E-state index in [1.807, 2.05) is 0 Å². The summed E-state index contributed by atoms with van der Waals surface area (Å²) in [6.45, 7) is 3.47. The van der Waals surface area contributed by atoms with Crippen molar-refractivity contribution < 1.29 is 0 Å². The van der Waals surface area contributed by atoms with Gasteiger partial charge in [-0.1, -0.05) is 19.1 Å². The molecule has 1 aromatic carbocycles. The van der Waals surface area contributed by atoms with E-state index in [0.29, 0.717) is 0 Å². The number of rotatable bonds is 0. The average Bonchev–Trinajstić information content (AvgIpc) is 2.46. The van der Waals surface area contributed by atoms with Crippen molar-refractivity contribution in [3.05, 3.63) is 30.1 Å². The molecule has 1 unspecified atom stereocenters. The molecule has 0 fully saturated rings. The standard InChI is InChI=1S/C13H16N2/c1-10-5-4-8-15-12-7-3-2-6-11(12)14-13(15)9-10/h2-3,6-7,10H,4-5,8-9H2,1H3. The van der Waals surface area contributed by atoms with Crippen LogP contribution in [0.15, 0.2) is 24.3 Å². The van der Waals surface area contributed by atoms with E-state index in [0.717, 1.165) is 24.4 Å². The van der Waals surface area contributed by atoms with Crippen molar-refractivity contribution in [2.45, 2.75) is 32.7 Å². The molecule has 15 heavy (non-hydrogen) atoms. The van der Waals surface area contributed by atoms with Crippen LogP contribution in [0.2, 0.25) is 0 Å². The second-order valence-corrected chi connectivity index (χ2v) is 4.62. The molecule has 2 heteroatoms. The summed E-state index contributed by atoms with van der Waals surface area (Å²) in [5.74, 6) is 2.06. The highest BCUT2D eigenvalue weighted by Crippen LogP contribution is 2.24. The molecule has 78 valence electrons. The van der Waals surface area contributed by atoms with Gasteiger partial charge < -0.3 is 4.57 Å². The quantitative estimate of drug-likeness (QED) is 0.639. The van der Waals surface area contributed by atoms with Gasteiger partial charge in [-0.2, -0.15) is 0 Å². The molecule has 0 bridgehead atoms. The van der Waals surface area contributed by atoms with Crippen LogP contribution in [0.25, 0.3) is 11.0 Å². The molecule has 0 N–H and O–H groups in total. The summed E-state index contributed by atoms with van der Waals surface area (Å²) in [6.07, 6.45) is 3.75. The largest absolute Gasteiger partial charge is 0.328 e. The molecule has 0 radical (unpaired) electrons. The van der Waals surface area contributed by atoms with Gasteiger partial charge in [0.2, 0.25) is 0 Å². The molecular formula is C13H16N2. The predicted molar refractivity (Wildman–Crippen MR) is 61.8 cm³/mol. The number of hydrogen-bond donors (Lipinski definition) is 0. The second kappa shape index (κ2) is 3.37. The van der Waals surface area contributed by atoms with Gasteiger partial charge in [-0.25, -0.2) is 4.98 Å². The Morgan fingerprint density at radius 2 is 2.20 bits per heavy atom. The molecule has 1 aromatic heterocycles. The van der Waals surface area contributed by atoms with E-state index >= 15 is 0 Å². The summed E-state index contributed by atoms with van der Waals surface area (Å²) < 4.78 is 2.40. The van der Waals surface area contributed by atoms with Crippen LogP contribution in [0.1, 0.15) is 25.6 Å². The Labute approximate surface area is 89.9 Å². The molecule has 2 heterocycles. The highest BCUT2D eigenvalue weighted by molar-refractivity contribution is 5.75. The van der Waals surface area contributed by atoms with Crippen LogP contribution in [0.5, 0.6) is 0 Å². The van der Waals surface area contributed by atoms with Gasteiger partial charge in [0.15, 0.2) is 0 Å². The van der Waals surface area contributed by atoms with Crippen LogP contribution >= 0.6 is 0 Å². The van der Waals surface area contributed by atoms with E-state index in [-0.39, 0.29) is 0 Å². The Morgan fingerprint density at radius 1 is 1.33 bits per heavy atom. The van der Waals surface area contributed by atoms with Crippen molar-refractivity contribution in [3.8, 4) is 0 Å². The lowest BCUT2D eigenvalue weighted by Gasteiger charge is -2.04. The minimum atomic E-state index is 0.781. The molecule has 3 rings (SSSR count).